The number of thiazole rings is 1. The summed E-state index contributed by atoms with van der Waals surface area (Å²) in [5.74, 6) is 0. The average Bonchev–Trinajstić information content (AvgIpc) is 3.08. The molecule has 2 aromatic carbocycles. The summed E-state index contributed by atoms with van der Waals surface area (Å²) in [7, 11) is -4.27. The van der Waals surface area contributed by atoms with E-state index in [2.05, 4.69) is 28.8 Å². The van der Waals surface area contributed by atoms with Gasteiger partial charge in [-0.1, -0.05) is 41.2 Å². The Labute approximate surface area is 139 Å². The third-order valence-corrected chi connectivity index (χ3v) is 5.84. The summed E-state index contributed by atoms with van der Waals surface area (Å²) in [5, 5.41) is 1.55. The lowest BCUT2D eigenvalue weighted by atomic mass is 10.2. The van der Waals surface area contributed by atoms with E-state index < -0.39 is 10.1 Å². The van der Waals surface area contributed by atoms with E-state index in [1.165, 1.54) is 41.7 Å². The third kappa shape index (κ3) is 3.60. The van der Waals surface area contributed by atoms with Crippen LogP contribution in [0.25, 0.3) is 10.2 Å². The Hall–Kier alpha value is -1.76. The lowest BCUT2D eigenvalue weighted by molar-refractivity contribution is -0.660. The minimum Gasteiger partial charge on any atom is -0.744 e. The molecule has 1 aliphatic heterocycles. The molecule has 1 aliphatic rings. The quantitative estimate of drug-likeness (QED) is 0.502. The minimum atomic E-state index is -4.27. The molecule has 120 valence electrons. The van der Waals surface area contributed by atoms with Crippen molar-refractivity contribution in [2.24, 2.45) is 0 Å². The molecule has 3 aromatic rings. The maximum atomic E-state index is 10.4. The number of aryl methyl sites for hydroxylation is 3. The first kappa shape index (κ1) is 16.1. The fourth-order valence-corrected chi connectivity index (χ4v) is 4.31. The van der Waals surface area contributed by atoms with Gasteiger partial charge in [-0.25, -0.2) is 8.42 Å². The highest BCUT2D eigenvalue weighted by atomic mass is 32.2. The molecule has 4 nitrogen and oxygen atoms in total. The average molecular weight is 347 g/mol. The van der Waals surface area contributed by atoms with E-state index in [1.807, 2.05) is 18.3 Å². The second-order valence-corrected chi connectivity index (χ2v) is 7.98. The van der Waals surface area contributed by atoms with Gasteiger partial charge in [-0.05, 0) is 25.1 Å². The van der Waals surface area contributed by atoms with Gasteiger partial charge in [0.1, 0.15) is 14.8 Å². The zero-order valence-electron chi connectivity index (χ0n) is 12.7. The summed E-state index contributed by atoms with van der Waals surface area (Å²) < 4.78 is 35.1. The molecule has 0 N–H and O–H groups in total. The van der Waals surface area contributed by atoms with Crippen LogP contribution in [0.2, 0.25) is 0 Å². The Kier molecular flexibility index (Phi) is 4.48. The van der Waals surface area contributed by atoms with Gasteiger partial charge in [-0.3, -0.25) is 0 Å². The first-order chi connectivity index (χ1) is 10.9. The molecule has 0 atom stereocenters. The van der Waals surface area contributed by atoms with E-state index in [-0.39, 0.29) is 4.90 Å². The number of rotatable bonds is 1. The van der Waals surface area contributed by atoms with Gasteiger partial charge in [0.15, 0.2) is 6.54 Å². The van der Waals surface area contributed by atoms with E-state index in [9.17, 15) is 13.0 Å². The van der Waals surface area contributed by atoms with Crippen LogP contribution in [0.15, 0.2) is 53.4 Å². The summed E-state index contributed by atoms with van der Waals surface area (Å²) in [6.45, 7) is 3.04. The van der Waals surface area contributed by atoms with Crippen molar-refractivity contribution in [2.45, 2.75) is 31.2 Å². The molecule has 0 radical (unpaired) electrons. The van der Waals surface area contributed by atoms with Crippen LogP contribution in [0.4, 0.5) is 0 Å². The van der Waals surface area contributed by atoms with Crippen molar-refractivity contribution in [1.82, 2.24) is 0 Å². The maximum absolute atomic E-state index is 10.4. The third-order valence-electron chi connectivity index (χ3n) is 3.77. The van der Waals surface area contributed by atoms with Crippen molar-refractivity contribution >= 4 is 31.7 Å². The fraction of sp³-hybridized carbons (Fsp3) is 0.235. The molecule has 0 amide bonds. The van der Waals surface area contributed by atoms with Gasteiger partial charge in [0.2, 0.25) is 10.5 Å². The van der Waals surface area contributed by atoms with Crippen molar-refractivity contribution in [2.75, 3.05) is 0 Å². The summed E-state index contributed by atoms with van der Waals surface area (Å²) in [4.78, 5) is -0.178. The number of hydrogen-bond acceptors (Lipinski definition) is 4. The smallest absolute Gasteiger partial charge is 0.238 e. The van der Waals surface area contributed by atoms with E-state index in [0.29, 0.717) is 0 Å². The van der Waals surface area contributed by atoms with Gasteiger partial charge in [0, 0.05) is 18.9 Å². The Balaban J connectivity index is 0.000000137. The van der Waals surface area contributed by atoms with E-state index in [0.717, 1.165) is 5.56 Å². The minimum absolute atomic E-state index is 0.178. The first-order valence-electron chi connectivity index (χ1n) is 7.38. The molecule has 0 saturated heterocycles. The molecule has 4 rings (SSSR count). The van der Waals surface area contributed by atoms with Crippen LogP contribution in [-0.4, -0.2) is 13.0 Å². The first-order valence-corrected chi connectivity index (χ1v) is 9.60. The SMILES string of the molecule is Cc1ccc(S(=O)(=O)[O-])cc1.c1ccc2c(c1)sc1[n+]2CCC1. The Bertz CT molecular complexity index is 928. The van der Waals surface area contributed by atoms with Crippen LogP contribution in [0.1, 0.15) is 17.0 Å². The van der Waals surface area contributed by atoms with Crippen molar-refractivity contribution in [3.05, 3.63) is 59.1 Å². The van der Waals surface area contributed by atoms with Crippen LogP contribution >= 0.6 is 11.3 Å². The van der Waals surface area contributed by atoms with Crippen LogP contribution in [0.5, 0.6) is 0 Å². The van der Waals surface area contributed by atoms with Crippen molar-refractivity contribution < 1.29 is 17.5 Å². The normalized spacial score (nSPS) is 13.5. The standard InChI is InChI=1S/C10H10NS.C7H8O3S/c1-2-5-9-8(4-1)11-7-3-6-10(11)12-9;1-6-2-4-7(5-3-6)11(8,9)10/h1-2,4-5H,3,6-7H2;2-5H,1H3,(H,8,9,10)/q+1;/p-1. The predicted octanol–water partition coefficient (Wildman–Crippen LogP) is 3.03. The Morgan fingerprint density at radius 3 is 2.48 bits per heavy atom. The fourth-order valence-electron chi connectivity index (χ4n) is 2.61. The largest absolute Gasteiger partial charge is 0.744 e. The molecule has 0 aliphatic carbocycles. The van der Waals surface area contributed by atoms with Gasteiger partial charge in [-0.15, -0.1) is 0 Å². The number of fused-ring (bicyclic) bond motifs is 3. The van der Waals surface area contributed by atoms with Crippen molar-refractivity contribution in [3.63, 3.8) is 0 Å². The molecular weight excluding hydrogens is 330 g/mol. The molecule has 0 unspecified atom stereocenters. The molecule has 0 fully saturated rings. The van der Waals surface area contributed by atoms with Gasteiger partial charge in [0.05, 0.1) is 4.90 Å². The van der Waals surface area contributed by atoms with Crippen LogP contribution < -0.4 is 4.57 Å². The van der Waals surface area contributed by atoms with Crippen LogP contribution in [0.3, 0.4) is 0 Å². The number of nitrogens with zero attached hydrogens (tertiary/aromatic N) is 1. The van der Waals surface area contributed by atoms with Gasteiger partial charge in [-0.2, -0.15) is 4.57 Å². The maximum Gasteiger partial charge on any atom is 0.238 e. The monoisotopic (exact) mass is 347 g/mol. The summed E-state index contributed by atoms with van der Waals surface area (Å²) in [5.41, 5.74) is 2.35. The molecule has 0 saturated carbocycles. The second kappa shape index (κ2) is 6.39. The molecule has 0 bridgehead atoms. The van der Waals surface area contributed by atoms with E-state index >= 15 is 0 Å². The van der Waals surface area contributed by atoms with Gasteiger partial charge >= 0.3 is 0 Å². The zero-order valence-corrected chi connectivity index (χ0v) is 14.4. The molecule has 1 aromatic heterocycles. The lowest BCUT2D eigenvalue weighted by Crippen LogP contribution is -2.30. The highest BCUT2D eigenvalue weighted by Gasteiger charge is 2.24. The molecule has 2 heterocycles. The lowest BCUT2D eigenvalue weighted by Gasteiger charge is -2.05. The molecule has 23 heavy (non-hydrogen) atoms. The predicted molar refractivity (Wildman–Crippen MR) is 89.5 cm³/mol. The Morgan fingerprint density at radius 1 is 1.09 bits per heavy atom. The van der Waals surface area contributed by atoms with Crippen molar-refractivity contribution in [3.8, 4) is 0 Å². The number of aromatic nitrogens is 1. The molecular formula is C17H17NO3S2. The summed E-state index contributed by atoms with van der Waals surface area (Å²) in [6, 6.07) is 14.5. The zero-order chi connectivity index (χ0) is 16.4. The van der Waals surface area contributed by atoms with Crippen molar-refractivity contribution in [1.29, 1.82) is 0 Å². The Morgan fingerprint density at radius 2 is 1.78 bits per heavy atom. The molecule has 6 heteroatoms. The second-order valence-electron chi connectivity index (χ2n) is 5.49. The number of hydrogen-bond donors (Lipinski definition) is 0. The highest BCUT2D eigenvalue weighted by Crippen LogP contribution is 2.23. The van der Waals surface area contributed by atoms with E-state index in [4.69, 9.17) is 0 Å². The highest BCUT2D eigenvalue weighted by molar-refractivity contribution is 7.85. The van der Waals surface area contributed by atoms with Gasteiger partial charge in [0.25, 0.3) is 0 Å². The number of benzene rings is 2. The summed E-state index contributed by atoms with van der Waals surface area (Å²) in [6.07, 6.45) is 2.61. The number of para-hydroxylation sites is 1. The molecule has 0 spiro atoms. The summed E-state index contributed by atoms with van der Waals surface area (Å²) >= 11 is 1.95. The van der Waals surface area contributed by atoms with Crippen LogP contribution in [-0.2, 0) is 23.1 Å². The van der Waals surface area contributed by atoms with E-state index in [1.54, 1.807) is 17.1 Å². The topological polar surface area (TPSA) is 61.1 Å². The van der Waals surface area contributed by atoms with Gasteiger partial charge < -0.3 is 4.55 Å². The van der Waals surface area contributed by atoms with Crippen LogP contribution in [0, 0.1) is 6.92 Å².